The third-order valence-electron chi connectivity index (χ3n) is 4.72. The first-order valence-electron chi connectivity index (χ1n) is 9.65. The summed E-state index contributed by atoms with van der Waals surface area (Å²) in [6.07, 6.45) is 0. The van der Waals surface area contributed by atoms with Gasteiger partial charge in [-0.05, 0) is 45.0 Å². The zero-order chi connectivity index (χ0) is 20.6. The minimum Gasteiger partial charge on any atom is -0.469 e. The lowest BCUT2D eigenvalue weighted by Crippen LogP contribution is -2.40. The summed E-state index contributed by atoms with van der Waals surface area (Å²) in [5, 5.41) is 0. The van der Waals surface area contributed by atoms with Gasteiger partial charge in [0.15, 0.2) is 18.3 Å². The van der Waals surface area contributed by atoms with Crippen LogP contribution in [0.1, 0.15) is 41.6 Å². The van der Waals surface area contributed by atoms with Gasteiger partial charge in [-0.15, -0.1) is 0 Å². The summed E-state index contributed by atoms with van der Waals surface area (Å²) < 4.78 is 16.4. The molecule has 8 nitrogen and oxygen atoms in total. The summed E-state index contributed by atoms with van der Waals surface area (Å²) in [7, 11) is 0. The first-order valence-corrected chi connectivity index (χ1v) is 9.65. The van der Waals surface area contributed by atoms with Crippen LogP contribution in [0.4, 0.5) is 11.5 Å². The standard InChI is InChI=1S/C21H25N3O5/c1-21(2,3)29-20(26)14-4-6-15(7-5-14)24-13-28-17-12-16(22-18(17)24)19(25)23-8-10-27-11-9-23/h4-7,12,22H,8-11,13H2,1-3H3. The van der Waals surface area contributed by atoms with Crippen LogP contribution in [0.2, 0.25) is 0 Å². The Hall–Kier alpha value is -3.00. The fourth-order valence-corrected chi connectivity index (χ4v) is 3.30. The highest BCUT2D eigenvalue weighted by Crippen LogP contribution is 2.39. The maximum atomic E-state index is 12.7. The van der Waals surface area contributed by atoms with Crippen molar-refractivity contribution in [3.8, 4) is 5.75 Å². The summed E-state index contributed by atoms with van der Waals surface area (Å²) in [6.45, 7) is 8.12. The number of aromatic amines is 1. The van der Waals surface area contributed by atoms with Crippen molar-refractivity contribution < 1.29 is 23.8 Å². The number of H-pyrrole nitrogens is 1. The highest BCUT2D eigenvalue weighted by atomic mass is 16.6. The second kappa shape index (κ2) is 7.44. The number of morpholine rings is 1. The van der Waals surface area contributed by atoms with Gasteiger partial charge in [-0.3, -0.25) is 9.69 Å². The number of fused-ring (bicyclic) bond motifs is 1. The van der Waals surface area contributed by atoms with Gasteiger partial charge in [0.05, 0.1) is 18.8 Å². The molecule has 1 saturated heterocycles. The third-order valence-corrected chi connectivity index (χ3v) is 4.72. The second-order valence-corrected chi connectivity index (χ2v) is 8.05. The van der Waals surface area contributed by atoms with E-state index in [1.807, 2.05) is 37.8 Å². The van der Waals surface area contributed by atoms with Crippen LogP contribution < -0.4 is 9.64 Å². The lowest BCUT2D eigenvalue weighted by atomic mass is 10.1. The second-order valence-electron chi connectivity index (χ2n) is 8.05. The zero-order valence-electron chi connectivity index (χ0n) is 16.9. The molecular formula is C21H25N3O5. The number of aromatic nitrogens is 1. The Morgan fingerprint density at radius 3 is 2.45 bits per heavy atom. The molecule has 1 N–H and O–H groups in total. The molecule has 0 spiro atoms. The van der Waals surface area contributed by atoms with E-state index in [1.165, 1.54) is 0 Å². The Morgan fingerprint density at radius 1 is 1.10 bits per heavy atom. The number of hydrogen-bond acceptors (Lipinski definition) is 6. The van der Waals surface area contributed by atoms with Crippen molar-refractivity contribution in [3.63, 3.8) is 0 Å². The molecule has 0 radical (unpaired) electrons. The first kappa shape index (κ1) is 19.3. The monoisotopic (exact) mass is 399 g/mol. The van der Waals surface area contributed by atoms with Crippen molar-refractivity contribution >= 4 is 23.4 Å². The summed E-state index contributed by atoms with van der Waals surface area (Å²) in [6, 6.07) is 8.86. The maximum Gasteiger partial charge on any atom is 0.338 e. The van der Waals surface area contributed by atoms with Gasteiger partial charge in [0.2, 0.25) is 0 Å². The van der Waals surface area contributed by atoms with Gasteiger partial charge in [0.25, 0.3) is 5.91 Å². The predicted molar refractivity (Wildman–Crippen MR) is 107 cm³/mol. The zero-order valence-corrected chi connectivity index (χ0v) is 16.9. The number of carbonyl (C=O) groups is 2. The van der Waals surface area contributed by atoms with E-state index >= 15 is 0 Å². The Labute approximate surface area is 169 Å². The summed E-state index contributed by atoms with van der Waals surface area (Å²) >= 11 is 0. The highest BCUT2D eigenvalue weighted by molar-refractivity contribution is 5.95. The quantitative estimate of drug-likeness (QED) is 0.799. The van der Waals surface area contributed by atoms with E-state index in [9.17, 15) is 9.59 Å². The van der Waals surface area contributed by atoms with Gasteiger partial charge >= 0.3 is 5.97 Å². The lowest BCUT2D eigenvalue weighted by Gasteiger charge is -2.26. The number of nitrogens with zero attached hydrogens (tertiary/aromatic N) is 2. The molecule has 1 fully saturated rings. The van der Waals surface area contributed by atoms with Crippen molar-refractivity contribution in [2.75, 3.05) is 37.9 Å². The van der Waals surface area contributed by atoms with E-state index < -0.39 is 5.60 Å². The molecule has 0 saturated carbocycles. The van der Waals surface area contributed by atoms with Crippen molar-refractivity contribution in [1.29, 1.82) is 0 Å². The van der Waals surface area contributed by atoms with Crippen LogP contribution in [0.3, 0.4) is 0 Å². The highest BCUT2D eigenvalue weighted by Gasteiger charge is 2.29. The van der Waals surface area contributed by atoms with Crippen molar-refractivity contribution in [3.05, 3.63) is 41.6 Å². The fourth-order valence-electron chi connectivity index (χ4n) is 3.30. The van der Waals surface area contributed by atoms with Gasteiger partial charge in [-0.1, -0.05) is 0 Å². The largest absolute Gasteiger partial charge is 0.469 e. The number of amides is 1. The van der Waals surface area contributed by atoms with Crippen molar-refractivity contribution in [2.24, 2.45) is 0 Å². The van der Waals surface area contributed by atoms with Crippen LogP contribution in [-0.4, -0.2) is 60.4 Å². The van der Waals surface area contributed by atoms with E-state index in [-0.39, 0.29) is 11.9 Å². The van der Waals surface area contributed by atoms with Crippen LogP contribution in [0.5, 0.6) is 5.75 Å². The van der Waals surface area contributed by atoms with Crippen LogP contribution in [0.15, 0.2) is 30.3 Å². The van der Waals surface area contributed by atoms with Gasteiger partial charge in [0, 0.05) is 24.8 Å². The smallest absolute Gasteiger partial charge is 0.338 e. The molecule has 4 rings (SSSR count). The third kappa shape index (κ3) is 4.07. The van der Waals surface area contributed by atoms with E-state index in [2.05, 4.69) is 4.98 Å². The van der Waals surface area contributed by atoms with Gasteiger partial charge in [-0.2, -0.15) is 0 Å². The molecule has 1 aromatic carbocycles. The van der Waals surface area contributed by atoms with Crippen LogP contribution in [0.25, 0.3) is 0 Å². The summed E-state index contributed by atoms with van der Waals surface area (Å²) in [5.74, 6) is 0.941. The molecule has 2 aliphatic rings. The number of hydrogen-bond donors (Lipinski definition) is 1. The number of rotatable bonds is 3. The van der Waals surface area contributed by atoms with E-state index in [4.69, 9.17) is 14.2 Å². The molecule has 1 aromatic heterocycles. The number of esters is 1. The lowest BCUT2D eigenvalue weighted by molar-refractivity contribution is 0.00694. The first-order chi connectivity index (χ1) is 13.8. The van der Waals surface area contributed by atoms with Gasteiger partial charge in [-0.25, -0.2) is 4.79 Å². The number of carbonyl (C=O) groups excluding carboxylic acids is 2. The van der Waals surface area contributed by atoms with Crippen LogP contribution in [-0.2, 0) is 9.47 Å². The molecule has 29 heavy (non-hydrogen) atoms. The number of benzene rings is 1. The molecule has 0 aliphatic carbocycles. The molecule has 1 amide bonds. The molecule has 0 bridgehead atoms. The molecule has 2 aromatic rings. The van der Waals surface area contributed by atoms with E-state index in [1.54, 1.807) is 23.1 Å². The topological polar surface area (TPSA) is 84.1 Å². The molecule has 2 aliphatic heterocycles. The Bertz CT molecular complexity index is 907. The van der Waals surface area contributed by atoms with Crippen molar-refractivity contribution in [1.82, 2.24) is 9.88 Å². The summed E-state index contributed by atoms with van der Waals surface area (Å²) in [5.41, 5.74) is 1.29. The number of nitrogens with one attached hydrogen (secondary N) is 1. The normalized spacial score (nSPS) is 16.4. The minimum absolute atomic E-state index is 0.0634. The number of anilines is 2. The average molecular weight is 399 g/mol. The van der Waals surface area contributed by atoms with Gasteiger partial charge < -0.3 is 24.1 Å². The average Bonchev–Trinajstić information content (AvgIpc) is 3.28. The molecule has 0 atom stereocenters. The molecule has 0 unspecified atom stereocenters. The fraction of sp³-hybridized carbons (Fsp3) is 0.429. The summed E-state index contributed by atoms with van der Waals surface area (Å²) in [4.78, 5) is 31.8. The molecule has 3 heterocycles. The maximum absolute atomic E-state index is 12.7. The SMILES string of the molecule is CC(C)(C)OC(=O)c1ccc(N2COc3cc(C(=O)N4CCOCC4)[nH]c32)cc1. The van der Waals surface area contributed by atoms with E-state index in [0.717, 1.165) is 11.5 Å². The molecule has 154 valence electrons. The predicted octanol–water partition coefficient (Wildman–Crippen LogP) is 2.93. The Balaban J connectivity index is 1.50. The van der Waals surface area contributed by atoms with E-state index in [0.29, 0.717) is 50.0 Å². The molecule has 8 heteroatoms. The Morgan fingerprint density at radius 2 is 1.79 bits per heavy atom. The minimum atomic E-state index is -0.541. The van der Waals surface area contributed by atoms with Crippen LogP contribution in [0, 0.1) is 0 Å². The van der Waals surface area contributed by atoms with Gasteiger partial charge in [0.1, 0.15) is 11.3 Å². The van der Waals surface area contributed by atoms with Crippen LogP contribution >= 0.6 is 0 Å². The number of ether oxygens (including phenoxy) is 3. The Kier molecular flexibility index (Phi) is 4.96. The van der Waals surface area contributed by atoms with Crippen molar-refractivity contribution in [2.45, 2.75) is 26.4 Å². The molecular weight excluding hydrogens is 374 g/mol.